The number of rotatable bonds is 3. The highest BCUT2D eigenvalue weighted by Gasteiger charge is 2.38. The van der Waals surface area contributed by atoms with E-state index in [1.807, 2.05) is 0 Å². The highest BCUT2D eigenvalue weighted by atomic mass is 19.4. The van der Waals surface area contributed by atoms with Crippen LogP contribution in [0.2, 0.25) is 0 Å². The van der Waals surface area contributed by atoms with Crippen LogP contribution in [-0.2, 0) is 9.53 Å². The second-order valence-electron chi connectivity index (χ2n) is 4.08. The predicted molar refractivity (Wildman–Crippen MR) is 50.7 cm³/mol. The van der Waals surface area contributed by atoms with E-state index in [9.17, 15) is 18.0 Å². The Morgan fingerprint density at radius 1 is 1.56 bits per heavy atom. The molecule has 1 rings (SSSR count). The number of hydrogen-bond donors (Lipinski definition) is 1. The van der Waals surface area contributed by atoms with E-state index >= 15 is 0 Å². The summed E-state index contributed by atoms with van der Waals surface area (Å²) in [7, 11) is 0. The number of amides is 1. The minimum Gasteiger partial charge on any atom is -0.367 e. The van der Waals surface area contributed by atoms with Crippen molar-refractivity contribution in [1.82, 2.24) is 4.90 Å². The summed E-state index contributed by atoms with van der Waals surface area (Å²) in [6, 6.07) is 0. The van der Waals surface area contributed by atoms with Gasteiger partial charge in [0.1, 0.15) is 0 Å². The third-order valence-electron chi connectivity index (χ3n) is 2.59. The largest absolute Gasteiger partial charge is 0.390 e. The fourth-order valence-corrected chi connectivity index (χ4v) is 1.58. The van der Waals surface area contributed by atoms with Crippen LogP contribution in [0.25, 0.3) is 0 Å². The van der Waals surface area contributed by atoms with Crippen molar-refractivity contribution in [3.05, 3.63) is 0 Å². The van der Waals surface area contributed by atoms with Gasteiger partial charge >= 0.3 is 6.18 Å². The Balaban J connectivity index is 2.48. The molecule has 0 spiro atoms. The lowest BCUT2D eigenvalue weighted by molar-refractivity contribution is -0.160. The Labute approximate surface area is 91.5 Å². The Morgan fingerprint density at radius 2 is 2.19 bits per heavy atom. The number of primary amides is 1. The first-order valence-corrected chi connectivity index (χ1v) is 4.96. The summed E-state index contributed by atoms with van der Waals surface area (Å²) >= 11 is 0. The highest BCUT2D eigenvalue weighted by molar-refractivity contribution is 5.83. The zero-order valence-corrected chi connectivity index (χ0v) is 9.01. The zero-order chi connectivity index (χ0) is 12.4. The molecule has 1 aliphatic heterocycles. The van der Waals surface area contributed by atoms with Crippen molar-refractivity contribution < 1.29 is 22.7 Å². The van der Waals surface area contributed by atoms with Gasteiger partial charge in [0.15, 0.2) is 5.60 Å². The lowest BCUT2D eigenvalue weighted by Crippen LogP contribution is -2.57. The minimum absolute atomic E-state index is 0.110. The number of morpholine rings is 1. The topological polar surface area (TPSA) is 55.6 Å². The fraction of sp³-hybridized carbons (Fsp3) is 0.889. The van der Waals surface area contributed by atoms with Gasteiger partial charge in [-0.3, -0.25) is 9.69 Å². The molecule has 4 nitrogen and oxygen atoms in total. The molecular formula is C9H15F3N2O2. The van der Waals surface area contributed by atoms with Gasteiger partial charge < -0.3 is 10.5 Å². The van der Waals surface area contributed by atoms with Gasteiger partial charge in [0.25, 0.3) is 5.91 Å². The smallest absolute Gasteiger partial charge is 0.367 e. The summed E-state index contributed by atoms with van der Waals surface area (Å²) in [5.41, 5.74) is 3.96. The first-order chi connectivity index (χ1) is 7.23. The normalized spacial score (nSPS) is 28.0. The molecule has 0 aliphatic carbocycles. The first-order valence-electron chi connectivity index (χ1n) is 4.96. The molecule has 0 aromatic heterocycles. The monoisotopic (exact) mass is 240 g/mol. The van der Waals surface area contributed by atoms with E-state index in [1.165, 1.54) is 6.92 Å². The number of halogens is 3. The van der Waals surface area contributed by atoms with E-state index in [4.69, 9.17) is 10.5 Å². The molecule has 1 unspecified atom stereocenters. The van der Waals surface area contributed by atoms with Crippen LogP contribution >= 0.6 is 0 Å². The molecule has 2 N–H and O–H groups in total. The molecule has 0 bridgehead atoms. The van der Waals surface area contributed by atoms with Gasteiger partial charge in [-0.05, 0) is 6.92 Å². The van der Waals surface area contributed by atoms with Crippen molar-refractivity contribution in [2.45, 2.75) is 25.1 Å². The lowest BCUT2D eigenvalue weighted by Gasteiger charge is -2.38. The van der Waals surface area contributed by atoms with Crippen molar-refractivity contribution in [3.8, 4) is 0 Å². The van der Waals surface area contributed by atoms with Crippen LogP contribution in [0.4, 0.5) is 13.2 Å². The summed E-state index contributed by atoms with van der Waals surface area (Å²) in [5, 5.41) is 0. The summed E-state index contributed by atoms with van der Waals surface area (Å²) in [6.45, 7) is 2.08. The molecule has 1 atom stereocenters. The molecule has 7 heteroatoms. The van der Waals surface area contributed by atoms with Gasteiger partial charge in [0.05, 0.1) is 13.0 Å². The van der Waals surface area contributed by atoms with Crippen LogP contribution < -0.4 is 5.73 Å². The van der Waals surface area contributed by atoms with Crippen molar-refractivity contribution in [2.75, 3.05) is 26.2 Å². The average Bonchev–Trinajstić information content (AvgIpc) is 2.14. The molecule has 94 valence electrons. The van der Waals surface area contributed by atoms with Gasteiger partial charge in [-0.25, -0.2) is 0 Å². The maximum absolute atomic E-state index is 12.0. The molecule has 1 saturated heterocycles. The fourth-order valence-electron chi connectivity index (χ4n) is 1.58. The Kier molecular flexibility index (Phi) is 3.80. The number of nitrogens with two attached hydrogens (primary N) is 1. The van der Waals surface area contributed by atoms with E-state index in [2.05, 4.69) is 0 Å². The van der Waals surface area contributed by atoms with Gasteiger partial charge in [0.2, 0.25) is 0 Å². The minimum atomic E-state index is -4.18. The molecule has 1 aliphatic rings. The molecule has 0 radical (unpaired) electrons. The second kappa shape index (κ2) is 4.58. The van der Waals surface area contributed by atoms with Gasteiger partial charge in [-0.1, -0.05) is 0 Å². The number of nitrogens with zero attached hydrogens (tertiary/aromatic N) is 1. The number of ether oxygens (including phenoxy) is 1. The van der Waals surface area contributed by atoms with E-state index in [0.717, 1.165) is 0 Å². The SMILES string of the molecule is CC1(C(N)=O)CN(CCC(F)(F)F)CCO1. The molecule has 0 aromatic carbocycles. The quantitative estimate of drug-likeness (QED) is 0.782. The van der Waals surface area contributed by atoms with Crippen LogP contribution in [0.15, 0.2) is 0 Å². The van der Waals surface area contributed by atoms with Crippen molar-refractivity contribution in [3.63, 3.8) is 0 Å². The molecule has 16 heavy (non-hydrogen) atoms. The number of carbonyl (C=O) groups excluding carboxylic acids is 1. The summed E-state index contributed by atoms with van der Waals surface area (Å²) < 4.78 is 41.2. The highest BCUT2D eigenvalue weighted by Crippen LogP contribution is 2.22. The zero-order valence-electron chi connectivity index (χ0n) is 9.01. The third kappa shape index (κ3) is 3.64. The summed E-state index contributed by atoms with van der Waals surface area (Å²) in [4.78, 5) is 12.6. The number of hydrogen-bond acceptors (Lipinski definition) is 3. The first kappa shape index (κ1) is 13.2. The molecule has 1 heterocycles. The molecule has 1 fully saturated rings. The second-order valence-corrected chi connectivity index (χ2v) is 4.08. The van der Waals surface area contributed by atoms with Crippen molar-refractivity contribution in [2.24, 2.45) is 5.73 Å². The molecule has 0 saturated carbocycles. The Hall–Kier alpha value is -0.820. The maximum Gasteiger partial charge on any atom is 0.390 e. The van der Waals surface area contributed by atoms with E-state index in [1.54, 1.807) is 4.90 Å². The molecule has 1 amide bonds. The van der Waals surface area contributed by atoms with Crippen LogP contribution in [0.5, 0.6) is 0 Å². The maximum atomic E-state index is 12.0. The Bertz CT molecular complexity index is 270. The molecule has 0 aromatic rings. The molecular weight excluding hydrogens is 225 g/mol. The van der Waals surface area contributed by atoms with Crippen molar-refractivity contribution >= 4 is 5.91 Å². The summed E-state index contributed by atoms with van der Waals surface area (Å²) in [6.07, 6.45) is -5.07. The van der Waals surface area contributed by atoms with E-state index < -0.39 is 24.1 Å². The van der Waals surface area contributed by atoms with Crippen molar-refractivity contribution in [1.29, 1.82) is 0 Å². The van der Waals surface area contributed by atoms with Gasteiger partial charge in [-0.15, -0.1) is 0 Å². The van der Waals surface area contributed by atoms with Gasteiger partial charge in [-0.2, -0.15) is 13.2 Å². The van der Waals surface area contributed by atoms with E-state index in [-0.39, 0.29) is 19.7 Å². The number of alkyl halides is 3. The lowest BCUT2D eigenvalue weighted by atomic mass is 10.0. The van der Waals surface area contributed by atoms with Crippen LogP contribution in [0.3, 0.4) is 0 Å². The van der Waals surface area contributed by atoms with Crippen LogP contribution in [-0.4, -0.2) is 48.8 Å². The summed E-state index contributed by atoms with van der Waals surface area (Å²) in [5.74, 6) is -0.649. The van der Waals surface area contributed by atoms with Crippen LogP contribution in [0, 0.1) is 0 Å². The predicted octanol–water partition coefficient (Wildman–Crippen LogP) is 0.515. The van der Waals surface area contributed by atoms with Gasteiger partial charge in [0, 0.05) is 19.6 Å². The standard InChI is InChI=1S/C9H15F3N2O2/c1-8(7(13)15)6-14(4-5-16-8)3-2-9(10,11)12/h2-6H2,1H3,(H2,13,15). The average molecular weight is 240 g/mol. The van der Waals surface area contributed by atoms with Crippen LogP contribution in [0.1, 0.15) is 13.3 Å². The Morgan fingerprint density at radius 3 is 2.69 bits per heavy atom. The number of carbonyl (C=O) groups is 1. The van der Waals surface area contributed by atoms with E-state index in [0.29, 0.717) is 6.54 Å². The third-order valence-corrected chi connectivity index (χ3v) is 2.59.